The molecule has 1 aromatic heterocycles. The minimum absolute atomic E-state index is 0.440. The third-order valence-corrected chi connectivity index (χ3v) is 2.46. The van der Waals surface area contributed by atoms with E-state index in [0.717, 1.165) is 6.54 Å². The van der Waals surface area contributed by atoms with E-state index in [1.807, 2.05) is 6.92 Å². The summed E-state index contributed by atoms with van der Waals surface area (Å²) in [6.07, 6.45) is 3.37. The van der Waals surface area contributed by atoms with Gasteiger partial charge in [0.2, 0.25) is 0 Å². The van der Waals surface area contributed by atoms with Crippen molar-refractivity contribution in [3.8, 4) is 17.6 Å². The van der Waals surface area contributed by atoms with Crippen LogP contribution in [0.25, 0.3) is 0 Å². The van der Waals surface area contributed by atoms with Crippen molar-refractivity contribution in [1.29, 1.82) is 5.26 Å². The van der Waals surface area contributed by atoms with Gasteiger partial charge in [0, 0.05) is 17.6 Å². The number of nitrogens with zero attached hydrogens (tertiary/aromatic N) is 3. The molecule has 17 heavy (non-hydrogen) atoms. The Kier molecular flexibility index (Phi) is 3.31. The van der Waals surface area contributed by atoms with Crippen molar-refractivity contribution < 1.29 is 4.74 Å². The second-order valence-electron chi connectivity index (χ2n) is 3.39. The highest BCUT2D eigenvalue weighted by atomic mass is 35.5. The minimum Gasteiger partial charge on any atom is -0.453 e. The first-order valence-electron chi connectivity index (χ1n) is 5.13. The molecule has 4 nitrogen and oxygen atoms in total. The normalized spacial score (nSPS) is 9.94. The average molecular weight is 248 g/mol. The topological polar surface area (TPSA) is 50.8 Å². The number of benzene rings is 1. The maximum atomic E-state index is 8.94. The van der Waals surface area contributed by atoms with Crippen LogP contribution in [0.1, 0.15) is 12.5 Å². The Morgan fingerprint density at radius 3 is 3.00 bits per heavy atom. The second kappa shape index (κ2) is 4.89. The number of ether oxygens (including phenoxy) is 1. The zero-order chi connectivity index (χ0) is 12.3. The lowest BCUT2D eigenvalue weighted by molar-refractivity contribution is 0.479. The van der Waals surface area contributed by atoms with Gasteiger partial charge in [-0.15, -0.1) is 0 Å². The van der Waals surface area contributed by atoms with Crippen LogP contribution in [0.4, 0.5) is 0 Å². The molecule has 1 aromatic carbocycles. The Hall–Kier alpha value is -1.99. The number of halogens is 1. The number of rotatable bonds is 3. The van der Waals surface area contributed by atoms with Crippen LogP contribution < -0.4 is 4.74 Å². The molecular weight excluding hydrogens is 238 g/mol. The van der Waals surface area contributed by atoms with Crippen molar-refractivity contribution in [2.75, 3.05) is 0 Å². The molecule has 0 spiro atoms. The summed E-state index contributed by atoms with van der Waals surface area (Å²) in [4.78, 5) is 0. The Bertz CT molecular complexity index is 571. The van der Waals surface area contributed by atoms with E-state index in [4.69, 9.17) is 21.6 Å². The van der Waals surface area contributed by atoms with E-state index in [1.54, 1.807) is 35.3 Å². The SMILES string of the molecule is CCn1cc(Oc2cc(Cl)ccc2C#N)cn1. The lowest BCUT2D eigenvalue weighted by atomic mass is 10.2. The molecule has 0 aliphatic carbocycles. The fraction of sp³-hybridized carbons (Fsp3) is 0.167. The number of aromatic nitrogens is 2. The summed E-state index contributed by atoms with van der Waals surface area (Å²) in [6, 6.07) is 6.95. The Balaban J connectivity index is 2.29. The van der Waals surface area contributed by atoms with Gasteiger partial charge in [0.05, 0.1) is 18.0 Å². The monoisotopic (exact) mass is 247 g/mol. The van der Waals surface area contributed by atoms with Crippen LogP contribution in [0.15, 0.2) is 30.6 Å². The largest absolute Gasteiger partial charge is 0.453 e. The third kappa shape index (κ3) is 2.58. The van der Waals surface area contributed by atoms with E-state index in [1.165, 1.54) is 0 Å². The second-order valence-corrected chi connectivity index (χ2v) is 3.82. The molecule has 0 bridgehead atoms. The molecule has 2 aromatic rings. The molecule has 1 heterocycles. The van der Waals surface area contributed by atoms with Gasteiger partial charge in [-0.3, -0.25) is 4.68 Å². The minimum atomic E-state index is 0.440. The van der Waals surface area contributed by atoms with E-state index >= 15 is 0 Å². The molecule has 0 atom stereocenters. The van der Waals surface area contributed by atoms with Gasteiger partial charge in [-0.25, -0.2) is 0 Å². The zero-order valence-electron chi connectivity index (χ0n) is 9.22. The fourth-order valence-corrected chi connectivity index (χ4v) is 1.53. The Morgan fingerprint density at radius 2 is 2.35 bits per heavy atom. The molecule has 0 aliphatic rings. The van der Waals surface area contributed by atoms with E-state index in [2.05, 4.69) is 11.2 Å². The number of hydrogen-bond acceptors (Lipinski definition) is 3. The first kappa shape index (κ1) is 11.5. The van der Waals surface area contributed by atoms with Crippen LogP contribution in [0, 0.1) is 11.3 Å². The number of nitriles is 1. The maximum absolute atomic E-state index is 8.94. The predicted octanol–water partition coefficient (Wildman–Crippen LogP) is 3.22. The summed E-state index contributed by atoms with van der Waals surface area (Å²) in [5.74, 6) is 1.03. The van der Waals surface area contributed by atoms with Crippen LogP contribution in [-0.2, 0) is 6.54 Å². The van der Waals surface area contributed by atoms with Gasteiger partial charge in [0.25, 0.3) is 0 Å². The first-order chi connectivity index (χ1) is 8.22. The molecule has 0 unspecified atom stereocenters. The van der Waals surface area contributed by atoms with E-state index in [-0.39, 0.29) is 0 Å². The van der Waals surface area contributed by atoms with Crippen LogP contribution in [-0.4, -0.2) is 9.78 Å². The zero-order valence-corrected chi connectivity index (χ0v) is 9.98. The highest BCUT2D eigenvalue weighted by Gasteiger charge is 2.07. The van der Waals surface area contributed by atoms with Crippen molar-refractivity contribution in [3.63, 3.8) is 0 Å². The number of aryl methyl sites for hydroxylation is 1. The molecule has 0 N–H and O–H groups in total. The molecule has 5 heteroatoms. The van der Waals surface area contributed by atoms with Gasteiger partial charge in [-0.05, 0) is 19.1 Å². The van der Waals surface area contributed by atoms with E-state index in [0.29, 0.717) is 22.1 Å². The first-order valence-corrected chi connectivity index (χ1v) is 5.50. The van der Waals surface area contributed by atoms with Gasteiger partial charge >= 0.3 is 0 Å². The Morgan fingerprint density at radius 1 is 1.53 bits per heavy atom. The highest BCUT2D eigenvalue weighted by molar-refractivity contribution is 6.30. The highest BCUT2D eigenvalue weighted by Crippen LogP contribution is 2.27. The van der Waals surface area contributed by atoms with Gasteiger partial charge in [-0.2, -0.15) is 10.4 Å². The van der Waals surface area contributed by atoms with Crippen molar-refractivity contribution >= 4 is 11.6 Å². The summed E-state index contributed by atoms with van der Waals surface area (Å²) in [7, 11) is 0. The van der Waals surface area contributed by atoms with E-state index in [9.17, 15) is 0 Å². The van der Waals surface area contributed by atoms with Crippen LogP contribution in [0.5, 0.6) is 11.5 Å². The predicted molar refractivity (Wildman–Crippen MR) is 64.1 cm³/mol. The summed E-state index contributed by atoms with van der Waals surface area (Å²) in [5.41, 5.74) is 0.443. The molecule has 2 rings (SSSR count). The van der Waals surface area contributed by atoms with E-state index < -0.39 is 0 Å². The van der Waals surface area contributed by atoms with Crippen LogP contribution >= 0.6 is 11.6 Å². The number of hydrogen-bond donors (Lipinski definition) is 0. The van der Waals surface area contributed by atoms with Gasteiger partial charge < -0.3 is 4.74 Å². The van der Waals surface area contributed by atoms with Gasteiger partial charge in [0.15, 0.2) is 5.75 Å². The quantitative estimate of drug-likeness (QED) is 0.837. The average Bonchev–Trinajstić information content (AvgIpc) is 2.77. The summed E-state index contributed by atoms with van der Waals surface area (Å²) < 4.78 is 7.32. The van der Waals surface area contributed by atoms with Crippen molar-refractivity contribution in [2.24, 2.45) is 0 Å². The molecule has 0 fully saturated rings. The lowest BCUT2D eigenvalue weighted by Crippen LogP contribution is -1.92. The lowest BCUT2D eigenvalue weighted by Gasteiger charge is -2.04. The van der Waals surface area contributed by atoms with Gasteiger partial charge in [-0.1, -0.05) is 11.6 Å². The summed E-state index contributed by atoms with van der Waals surface area (Å²) in [5, 5.41) is 13.6. The summed E-state index contributed by atoms with van der Waals surface area (Å²) >= 11 is 5.86. The molecule has 0 saturated heterocycles. The van der Waals surface area contributed by atoms with Gasteiger partial charge in [0.1, 0.15) is 11.8 Å². The fourth-order valence-electron chi connectivity index (χ4n) is 1.37. The van der Waals surface area contributed by atoms with Crippen LogP contribution in [0.2, 0.25) is 5.02 Å². The molecule has 86 valence electrons. The maximum Gasteiger partial charge on any atom is 0.165 e. The van der Waals surface area contributed by atoms with Crippen molar-refractivity contribution in [3.05, 3.63) is 41.2 Å². The van der Waals surface area contributed by atoms with Crippen LogP contribution in [0.3, 0.4) is 0 Å². The molecule has 0 saturated carbocycles. The van der Waals surface area contributed by atoms with Crippen molar-refractivity contribution in [2.45, 2.75) is 13.5 Å². The molecule has 0 amide bonds. The summed E-state index contributed by atoms with van der Waals surface area (Å²) in [6.45, 7) is 2.75. The smallest absolute Gasteiger partial charge is 0.165 e. The van der Waals surface area contributed by atoms with Crippen molar-refractivity contribution in [1.82, 2.24) is 9.78 Å². The Labute approximate surface area is 104 Å². The third-order valence-electron chi connectivity index (χ3n) is 2.23. The molecule has 0 aliphatic heterocycles. The molecule has 0 radical (unpaired) electrons. The standard InChI is InChI=1S/C12H10ClN3O/c1-2-16-8-11(7-15-16)17-12-5-10(13)4-3-9(12)6-14/h3-5,7-8H,2H2,1H3. The molecular formula is C12H10ClN3O.